The van der Waals surface area contributed by atoms with Crippen LogP contribution in [-0.2, 0) is 24.0 Å². The van der Waals surface area contributed by atoms with Crippen molar-refractivity contribution >= 4 is 47.8 Å². The van der Waals surface area contributed by atoms with Crippen molar-refractivity contribution in [3.63, 3.8) is 0 Å². The van der Waals surface area contributed by atoms with Crippen molar-refractivity contribution in [1.82, 2.24) is 10.6 Å². The van der Waals surface area contributed by atoms with Gasteiger partial charge in [0.2, 0.25) is 12.3 Å². The lowest BCUT2D eigenvalue weighted by Gasteiger charge is -2.30. The molecule has 214 valence electrons. The number of hydrogen-bond acceptors (Lipinski definition) is 8. The minimum absolute atomic E-state index is 0.0814. The number of nitrogens with zero attached hydrogens (tertiary/aromatic N) is 2. The maximum atomic E-state index is 12.8. The second-order valence-corrected chi connectivity index (χ2v) is 9.13. The van der Waals surface area contributed by atoms with Gasteiger partial charge in [-0.05, 0) is 56.2 Å². The van der Waals surface area contributed by atoms with E-state index in [4.69, 9.17) is 5.11 Å². The van der Waals surface area contributed by atoms with Crippen molar-refractivity contribution in [1.29, 1.82) is 0 Å². The lowest BCUT2D eigenvalue weighted by Crippen LogP contribution is -2.46. The number of carbonyl (C=O) groups excluding carboxylic acids is 5. The maximum Gasteiger partial charge on any atom is 0.305 e. The summed E-state index contributed by atoms with van der Waals surface area (Å²) >= 11 is 0. The third-order valence-electron chi connectivity index (χ3n) is 5.85. The Balaban J connectivity index is 2.28. The Kier molecular flexibility index (Phi) is 11.3. The van der Waals surface area contributed by atoms with Crippen molar-refractivity contribution < 1.29 is 44.1 Å². The van der Waals surface area contributed by atoms with Crippen LogP contribution in [0.5, 0.6) is 5.75 Å². The number of benzene rings is 2. The van der Waals surface area contributed by atoms with Crippen LogP contribution in [0.4, 0.5) is 11.4 Å². The van der Waals surface area contributed by atoms with E-state index in [2.05, 4.69) is 10.6 Å². The van der Waals surface area contributed by atoms with E-state index in [1.165, 1.54) is 24.3 Å². The normalized spacial score (nSPS) is 12.0. The van der Waals surface area contributed by atoms with Crippen LogP contribution in [0.2, 0.25) is 0 Å². The monoisotopic (exact) mass is 556 g/mol. The Morgan fingerprint density at radius 1 is 1.00 bits per heavy atom. The van der Waals surface area contributed by atoms with E-state index >= 15 is 0 Å². The predicted molar refractivity (Wildman–Crippen MR) is 144 cm³/mol. The molecule has 2 rings (SSSR count). The number of aliphatic carboxylic acids is 1. The van der Waals surface area contributed by atoms with E-state index in [0.29, 0.717) is 23.1 Å². The number of carbonyl (C=O) groups is 6. The number of aryl methyl sites for hydroxylation is 2. The molecule has 0 aromatic heterocycles. The zero-order valence-electron chi connectivity index (χ0n) is 22.3. The van der Waals surface area contributed by atoms with Gasteiger partial charge in [-0.1, -0.05) is 12.1 Å². The molecule has 0 heterocycles. The van der Waals surface area contributed by atoms with Crippen molar-refractivity contribution in [2.45, 2.75) is 39.3 Å². The average Bonchev–Trinajstić information content (AvgIpc) is 2.91. The summed E-state index contributed by atoms with van der Waals surface area (Å²) in [5.41, 5.74) is 1.60. The minimum atomic E-state index is -1.30. The Morgan fingerprint density at radius 2 is 1.60 bits per heavy atom. The third kappa shape index (κ3) is 8.36. The van der Waals surface area contributed by atoms with Gasteiger partial charge in [-0.25, -0.2) is 0 Å². The first-order valence-electron chi connectivity index (χ1n) is 12.2. The van der Waals surface area contributed by atoms with E-state index in [1.54, 1.807) is 32.9 Å². The minimum Gasteiger partial charge on any atom is -0.507 e. The maximum absolute atomic E-state index is 12.8. The number of phenols is 1. The largest absolute Gasteiger partial charge is 0.507 e. The summed E-state index contributed by atoms with van der Waals surface area (Å²) in [4.78, 5) is 74.1. The van der Waals surface area contributed by atoms with Gasteiger partial charge < -0.3 is 40.5 Å². The van der Waals surface area contributed by atoms with Gasteiger partial charge in [0, 0.05) is 18.2 Å². The van der Waals surface area contributed by atoms with Crippen molar-refractivity contribution in [2.75, 3.05) is 29.5 Å². The zero-order chi connectivity index (χ0) is 30.0. The van der Waals surface area contributed by atoms with E-state index in [1.807, 2.05) is 0 Å². The fraction of sp³-hybridized carbons (Fsp3) is 0.333. The number of aromatic hydroxyl groups is 1. The van der Waals surface area contributed by atoms with Gasteiger partial charge in [-0.15, -0.1) is 0 Å². The predicted octanol–water partition coefficient (Wildman–Crippen LogP) is 0.274. The van der Waals surface area contributed by atoms with Gasteiger partial charge in [0.15, 0.2) is 0 Å². The summed E-state index contributed by atoms with van der Waals surface area (Å²) in [6.07, 6.45) is -0.0459. The molecule has 0 spiro atoms. The Bertz CT molecular complexity index is 1260. The molecule has 13 heteroatoms. The number of phenolic OH excluding ortho intramolecular Hbond substituents is 1. The molecule has 0 radical (unpaired) electrons. The number of nitrogens with one attached hydrogen (secondary N) is 2. The smallest absolute Gasteiger partial charge is 0.305 e. The van der Waals surface area contributed by atoms with Crippen LogP contribution in [0.3, 0.4) is 0 Å². The Labute approximate surface area is 230 Å². The molecular formula is C27H32N4O9. The van der Waals surface area contributed by atoms with Crippen LogP contribution in [0, 0.1) is 13.8 Å². The standard InChI is InChI=1S/C27H32N4O9/c1-16-8-19(9-17(2)26(16)39)27(40)28-18(3)11-31(24(36)14-33)22-7-5-4-6-21(22)30(15-34)12-23(35)29-20(13-32)10-25(37)38/h4-9,13,15,18,20,33,39H,10-12,14H2,1-3H3,(H,28,40)(H,29,35)(H,37,38). The summed E-state index contributed by atoms with van der Waals surface area (Å²) in [6, 6.07) is 7.15. The van der Waals surface area contributed by atoms with Crippen LogP contribution in [-0.4, -0.2) is 83.5 Å². The van der Waals surface area contributed by atoms with Crippen LogP contribution < -0.4 is 20.4 Å². The first kappa shape index (κ1) is 31.4. The second-order valence-electron chi connectivity index (χ2n) is 9.13. The number of para-hydroxylation sites is 2. The number of hydrogen-bond donors (Lipinski definition) is 5. The number of aliphatic hydroxyl groups is 1. The third-order valence-corrected chi connectivity index (χ3v) is 5.85. The van der Waals surface area contributed by atoms with Crippen molar-refractivity contribution in [2.24, 2.45) is 0 Å². The van der Waals surface area contributed by atoms with Crippen LogP contribution in [0.15, 0.2) is 36.4 Å². The molecule has 0 aliphatic carbocycles. The molecule has 0 saturated heterocycles. The summed E-state index contributed by atoms with van der Waals surface area (Å²) in [5.74, 6) is -3.24. The Hall–Kier alpha value is -4.78. The molecular weight excluding hydrogens is 524 g/mol. The molecule has 5 N–H and O–H groups in total. The molecule has 2 aromatic carbocycles. The van der Waals surface area contributed by atoms with Crippen molar-refractivity contribution in [3.05, 3.63) is 53.1 Å². The molecule has 2 unspecified atom stereocenters. The van der Waals surface area contributed by atoms with Crippen LogP contribution in [0.25, 0.3) is 0 Å². The molecule has 4 amide bonds. The molecule has 0 saturated carbocycles. The summed E-state index contributed by atoms with van der Waals surface area (Å²) in [7, 11) is 0. The molecule has 2 atom stereocenters. The topological polar surface area (TPSA) is 194 Å². The van der Waals surface area contributed by atoms with Gasteiger partial charge in [0.05, 0.1) is 23.8 Å². The second kappa shape index (κ2) is 14.4. The summed E-state index contributed by atoms with van der Waals surface area (Å²) < 4.78 is 0. The fourth-order valence-corrected chi connectivity index (χ4v) is 3.98. The number of aliphatic hydroxyl groups excluding tert-OH is 1. The number of amides is 4. The van der Waals surface area contributed by atoms with Crippen molar-refractivity contribution in [3.8, 4) is 5.75 Å². The van der Waals surface area contributed by atoms with Gasteiger partial charge in [0.1, 0.15) is 25.2 Å². The molecule has 13 nitrogen and oxygen atoms in total. The Morgan fingerprint density at radius 3 is 2.12 bits per heavy atom. The fourth-order valence-electron chi connectivity index (χ4n) is 3.98. The molecule has 0 aliphatic heterocycles. The highest BCUT2D eigenvalue weighted by molar-refractivity contribution is 6.01. The number of anilines is 2. The number of carboxylic acid groups (broad SMARTS) is 1. The zero-order valence-corrected chi connectivity index (χ0v) is 22.3. The molecule has 0 fully saturated rings. The molecule has 2 aromatic rings. The highest BCUT2D eigenvalue weighted by atomic mass is 16.4. The van der Waals surface area contributed by atoms with E-state index < -0.39 is 55.3 Å². The summed E-state index contributed by atoms with van der Waals surface area (Å²) in [6.45, 7) is 3.34. The van der Waals surface area contributed by atoms with E-state index in [-0.39, 0.29) is 30.0 Å². The lowest BCUT2D eigenvalue weighted by atomic mass is 10.0. The van der Waals surface area contributed by atoms with Gasteiger partial charge >= 0.3 is 5.97 Å². The highest BCUT2D eigenvalue weighted by Crippen LogP contribution is 2.29. The number of aldehydes is 1. The van der Waals surface area contributed by atoms with E-state index in [0.717, 1.165) is 9.80 Å². The SMILES string of the molecule is Cc1cc(C(=O)NC(C)CN(C(=O)CO)c2ccccc2N(C=O)CC(=O)NC(C=O)CC(=O)O)cc(C)c1O. The van der Waals surface area contributed by atoms with Gasteiger partial charge in [0.25, 0.3) is 11.8 Å². The van der Waals surface area contributed by atoms with E-state index in [9.17, 15) is 39.0 Å². The molecule has 0 bridgehead atoms. The van der Waals surface area contributed by atoms with Gasteiger partial charge in [-0.2, -0.15) is 0 Å². The van der Waals surface area contributed by atoms with Gasteiger partial charge in [-0.3, -0.25) is 24.0 Å². The number of carboxylic acids is 1. The first-order valence-corrected chi connectivity index (χ1v) is 12.2. The first-order chi connectivity index (χ1) is 18.9. The van der Waals surface area contributed by atoms with Crippen LogP contribution in [0.1, 0.15) is 34.8 Å². The molecule has 0 aliphatic rings. The van der Waals surface area contributed by atoms with Crippen LogP contribution >= 0.6 is 0 Å². The quantitative estimate of drug-likeness (QED) is 0.203. The highest BCUT2D eigenvalue weighted by Gasteiger charge is 2.25. The lowest BCUT2D eigenvalue weighted by molar-refractivity contribution is -0.138. The molecule has 40 heavy (non-hydrogen) atoms. The average molecular weight is 557 g/mol. The number of rotatable bonds is 14. The summed E-state index contributed by atoms with van der Waals surface area (Å²) in [5, 5.41) is 33.4.